The highest BCUT2D eigenvalue weighted by Crippen LogP contribution is 2.35. The van der Waals surface area contributed by atoms with Gasteiger partial charge in [-0.2, -0.15) is 10.4 Å². The van der Waals surface area contributed by atoms with Gasteiger partial charge in [0.15, 0.2) is 5.82 Å². The lowest BCUT2D eigenvalue weighted by molar-refractivity contribution is -0.00174. The summed E-state index contributed by atoms with van der Waals surface area (Å²) in [4.78, 5) is 30.8. The van der Waals surface area contributed by atoms with Crippen LogP contribution in [0.3, 0.4) is 0 Å². The molecule has 2 aliphatic heterocycles. The number of carbonyl (C=O) groups is 1. The van der Waals surface area contributed by atoms with Gasteiger partial charge in [0.25, 0.3) is 11.5 Å². The Hall–Kier alpha value is -3.64. The van der Waals surface area contributed by atoms with Crippen molar-refractivity contribution in [3.63, 3.8) is 0 Å². The normalized spacial score (nSPS) is 22.4. The number of H-pyrrole nitrogens is 1. The number of hydrogen-bond donors (Lipinski definition) is 2. The van der Waals surface area contributed by atoms with Crippen LogP contribution in [0.1, 0.15) is 61.4 Å². The molecule has 2 N–H and O–H groups in total. The Morgan fingerprint density at radius 2 is 2.19 bits per heavy atom. The number of ether oxygens (including phenoxy) is 1. The van der Waals surface area contributed by atoms with Gasteiger partial charge in [-0.15, -0.1) is 0 Å². The highest BCUT2D eigenvalue weighted by atomic mass is 16.5. The monoisotopic (exact) mass is 488 g/mol. The number of benzene rings is 1. The predicted octanol–water partition coefficient (Wildman–Crippen LogP) is 4.21. The third-order valence-electron chi connectivity index (χ3n) is 7.55. The number of aromatic nitrogens is 3. The summed E-state index contributed by atoms with van der Waals surface area (Å²) in [6.07, 6.45) is 6.63. The standard InChI is InChI=1S/C27H32N6O3/c1-18-16-20(7-8-21(18)26(35)32-14-4-3-6-19(32)2)30-24-23-22(9-13-29-25(23)34)33(31-24)27(11-12-28)10-5-15-36-17-27/h7-9,13,16,19H,3-6,10-11,14-15,17H2,1-2H3,(H,29,34)(H,30,31). The number of rotatable bonds is 5. The van der Waals surface area contributed by atoms with Gasteiger partial charge >= 0.3 is 0 Å². The highest BCUT2D eigenvalue weighted by Gasteiger charge is 2.38. The van der Waals surface area contributed by atoms with Gasteiger partial charge < -0.3 is 19.9 Å². The fraction of sp³-hybridized carbons (Fsp3) is 0.481. The molecule has 9 nitrogen and oxygen atoms in total. The molecule has 2 aliphatic rings. The van der Waals surface area contributed by atoms with E-state index >= 15 is 0 Å². The van der Waals surface area contributed by atoms with Crippen LogP contribution in [0.15, 0.2) is 35.3 Å². The number of nitriles is 1. The van der Waals surface area contributed by atoms with Crippen molar-refractivity contribution in [1.82, 2.24) is 19.7 Å². The van der Waals surface area contributed by atoms with Gasteiger partial charge in [0.05, 0.1) is 30.2 Å². The van der Waals surface area contributed by atoms with Gasteiger partial charge in [-0.3, -0.25) is 14.3 Å². The maximum atomic E-state index is 13.2. The summed E-state index contributed by atoms with van der Waals surface area (Å²) in [6, 6.07) is 9.96. The van der Waals surface area contributed by atoms with E-state index in [0.29, 0.717) is 35.5 Å². The van der Waals surface area contributed by atoms with E-state index in [1.807, 2.05) is 36.1 Å². The molecule has 9 heteroatoms. The number of aromatic amines is 1. The number of hydrogen-bond acceptors (Lipinski definition) is 6. The highest BCUT2D eigenvalue weighted by molar-refractivity contribution is 5.97. The maximum absolute atomic E-state index is 13.2. The van der Waals surface area contributed by atoms with Gasteiger partial charge in [0.2, 0.25) is 0 Å². The molecule has 2 aromatic heterocycles. The van der Waals surface area contributed by atoms with E-state index in [9.17, 15) is 14.9 Å². The molecule has 0 bridgehead atoms. The lowest BCUT2D eigenvalue weighted by Gasteiger charge is -2.35. The van der Waals surface area contributed by atoms with Crippen LogP contribution in [0.5, 0.6) is 0 Å². The molecule has 0 spiro atoms. The molecule has 4 heterocycles. The number of anilines is 2. The number of piperidine rings is 1. The Bertz CT molecular complexity index is 1380. The fourth-order valence-electron chi connectivity index (χ4n) is 5.57. The smallest absolute Gasteiger partial charge is 0.261 e. The Labute approximate surface area is 210 Å². The quantitative estimate of drug-likeness (QED) is 0.556. The summed E-state index contributed by atoms with van der Waals surface area (Å²) < 4.78 is 7.55. The summed E-state index contributed by atoms with van der Waals surface area (Å²) in [5.74, 6) is 0.478. The minimum absolute atomic E-state index is 0.0631. The van der Waals surface area contributed by atoms with Crippen LogP contribution in [0.2, 0.25) is 0 Å². The van der Waals surface area contributed by atoms with E-state index in [1.54, 1.807) is 10.9 Å². The van der Waals surface area contributed by atoms with Crippen molar-refractivity contribution in [3.05, 3.63) is 51.9 Å². The van der Waals surface area contributed by atoms with Gasteiger partial charge in [0.1, 0.15) is 5.39 Å². The van der Waals surface area contributed by atoms with Crippen molar-refractivity contribution < 1.29 is 9.53 Å². The number of pyridine rings is 1. The molecule has 2 unspecified atom stereocenters. The molecule has 0 radical (unpaired) electrons. The molecular weight excluding hydrogens is 456 g/mol. The summed E-state index contributed by atoms with van der Waals surface area (Å²) >= 11 is 0. The average Bonchev–Trinajstić information content (AvgIpc) is 3.25. The summed E-state index contributed by atoms with van der Waals surface area (Å²) in [7, 11) is 0. The second-order valence-corrected chi connectivity index (χ2v) is 10.0. The largest absolute Gasteiger partial charge is 0.379 e. The second kappa shape index (κ2) is 9.78. The van der Waals surface area contributed by atoms with Crippen LogP contribution >= 0.6 is 0 Å². The summed E-state index contributed by atoms with van der Waals surface area (Å²) in [5.41, 5.74) is 2.06. The van der Waals surface area contributed by atoms with E-state index < -0.39 is 5.54 Å². The van der Waals surface area contributed by atoms with Gasteiger partial charge in [0, 0.05) is 36.6 Å². The molecule has 1 amide bonds. The number of nitrogens with zero attached hydrogens (tertiary/aromatic N) is 4. The lowest BCUT2D eigenvalue weighted by Crippen LogP contribution is -2.42. The van der Waals surface area contributed by atoms with Crippen LogP contribution in [0.25, 0.3) is 10.9 Å². The molecule has 5 rings (SSSR count). The first kappa shape index (κ1) is 24.1. The zero-order valence-electron chi connectivity index (χ0n) is 20.8. The molecule has 188 valence electrons. The minimum atomic E-state index is -0.629. The molecular formula is C27H32N6O3. The fourth-order valence-corrected chi connectivity index (χ4v) is 5.57. The van der Waals surface area contributed by atoms with Crippen molar-refractivity contribution in [2.75, 3.05) is 25.1 Å². The molecule has 2 saturated heterocycles. The van der Waals surface area contributed by atoms with E-state index in [0.717, 1.165) is 49.9 Å². The first-order valence-electron chi connectivity index (χ1n) is 12.7. The van der Waals surface area contributed by atoms with Crippen molar-refractivity contribution in [2.45, 2.75) is 64.0 Å². The summed E-state index contributed by atoms with van der Waals surface area (Å²) in [6.45, 7) is 5.85. The average molecular weight is 489 g/mol. The van der Waals surface area contributed by atoms with E-state index in [4.69, 9.17) is 9.84 Å². The number of fused-ring (bicyclic) bond motifs is 1. The van der Waals surface area contributed by atoms with Crippen LogP contribution < -0.4 is 10.9 Å². The number of carbonyl (C=O) groups excluding carboxylic acids is 1. The number of likely N-dealkylation sites (tertiary alicyclic amines) is 1. The van der Waals surface area contributed by atoms with Crippen molar-refractivity contribution in [3.8, 4) is 6.07 Å². The first-order chi connectivity index (χ1) is 17.4. The van der Waals surface area contributed by atoms with Crippen molar-refractivity contribution in [2.24, 2.45) is 0 Å². The minimum Gasteiger partial charge on any atom is -0.379 e. The predicted molar refractivity (Wildman–Crippen MR) is 137 cm³/mol. The van der Waals surface area contributed by atoms with Crippen molar-refractivity contribution >= 4 is 28.3 Å². The Morgan fingerprint density at radius 1 is 1.33 bits per heavy atom. The van der Waals surface area contributed by atoms with E-state index in [1.165, 1.54) is 0 Å². The van der Waals surface area contributed by atoms with Crippen LogP contribution in [-0.4, -0.2) is 51.4 Å². The number of nitrogens with one attached hydrogen (secondary N) is 2. The third-order valence-corrected chi connectivity index (χ3v) is 7.55. The second-order valence-electron chi connectivity index (χ2n) is 10.0. The Morgan fingerprint density at radius 3 is 2.92 bits per heavy atom. The van der Waals surface area contributed by atoms with Crippen molar-refractivity contribution in [1.29, 1.82) is 5.26 Å². The Kier molecular flexibility index (Phi) is 6.54. The number of amides is 1. The zero-order chi connectivity index (χ0) is 25.3. The molecule has 2 atom stereocenters. The van der Waals surface area contributed by atoms with Crippen LogP contribution in [0.4, 0.5) is 11.5 Å². The first-order valence-corrected chi connectivity index (χ1v) is 12.7. The lowest BCUT2D eigenvalue weighted by atomic mass is 9.89. The molecule has 36 heavy (non-hydrogen) atoms. The molecule has 1 aromatic carbocycles. The van der Waals surface area contributed by atoms with E-state index in [2.05, 4.69) is 23.3 Å². The molecule has 0 aliphatic carbocycles. The summed E-state index contributed by atoms with van der Waals surface area (Å²) in [5, 5.41) is 18.1. The van der Waals surface area contributed by atoms with Gasteiger partial charge in [-0.25, -0.2) is 0 Å². The third kappa shape index (κ3) is 4.26. The Balaban J connectivity index is 1.50. The topological polar surface area (TPSA) is 116 Å². The van der Waals surface area contributed by atoms with E-state index in [-0.39, 0.29) is 23.9 Å². The van der Waals surface area contributed by atoms with Gasteiger partial charge in [-0.05, 0) is 75.8 Å². The molecule has 2 fully saturated rings. The van der Waals surface area contributed by atoms with Gasteiger partial charge in [-0.1, -0.05) is 0 Å². The SMILES string of the molecule is Cc1cc(Nc2nn(C3(CC#N)CCCOC3)c3cc[nH]c(=O)c23)ccc1C(=O)N1CCCCC1C. The zero-order valence-corrected chi connectivity index (χ0v) is 20.8. The van der Waals surface area contributed by atoms with Crippen LogP contribution in [-0.2, 0) is 10.3 Å². The number of aryl methyl sites for hydroxylation is 1. The molecule has 0 saturated carbocycles. The maximum Gasteiger partial charge on any atom is 0.261 e. The molecule has 3 aromatic rings. The van der Waals surface area contributed by atoms with Crippen LogP contribution in [0, 0.1) is 18.3 Å².